The van der Waals surface area contributed by atoms with Crippen LogP contribution in [-0.2, 0) is 4.74 Å². The van der Waals surface area contributed by atoms with Crippen LogP contribution in [0.3, 0.4) is 0 Å². The lowest BCUT2D eigenvalue weighted by molar-refractivity contribution is 0.0528. The van der Waals surface area contributed by atoms with Crippen molar-refractivity contribution in [2.75, 3.05) is 13.1 Å². The molecule has 6 heteroatoms. The van der Waals surface area contributed by atoms with Crippen molar-refractivity contribution in [2.45, 2.75) is 55.2 Å². The number of carbonyl (C=O) groups excluding carboxylic acids is 1. The Morgan fingerprint density at radius 1 is 1.43 bits per heavy atom. The Bertz CT molecular complexity index is 482. The summed E-state index contributed by atoms with van der Waals surface area (Å²) in [7, 11) is 0. The summed E-state index contributed by atoms with van der Waals surface area (Å²) in [6.07, 6.45) is 0.772. The van der Waals surface area contributed by atoms with Gasteiger partial charge < -0.3 is 15.4 Å². The smallest absolute Gasteiger partial charge is 0.407 e. The van der Waals surface area contributed by atoms with Crippen molar-refractivity contribution in [1.29, 1.82) is 0 Å². The van der Waals surface area contributed by atoms with Crippen LogP contribution >= 0.6 is 23.1 Å². The summed E-state index contributed by atoms with van der Waals surface area (Å²) in [4.78, 5) is 11.6. The zero-order valence-electron chi connectivity index (χ0n) is 13.1. The fourth-order valence-corrected chi connectivity index (χ4v) is 4.83. The first kappa shape index (κ1) is 16.6. The Morgan fingerprint density at radius 2 is 2.19 bits per heavy atom. The number of thioether (sulfide) groups is 1. The number of fused-ring (bicyclic) bond motifs is 1. The first-order chi connectivity index (χ1) is 9.85. The van der Waals surface area contributed by atoms with Crippen LogP contribution in [0.2, 0.25) is 0 Å². The number of amides is 1. The Morgan fingerprint density at radius 3 is 2.90 bits per heavy atom. The molecule has 118 valence electrons. The fraction of sp³-hybridized carbons (Fsp3) is 0.667. The van der Waals surface area contributed by atoms with Gasteiger partial charge in [0.05, 0.1) is 4.21 Å². The summed E-state index contributed by atoms with van der Waals surface area (Å²) in [6.45, 7) is 9.18. The summed E-state index contributed by atoms with van der Waals surface area (Å²) in [6, 6.07) is 2.60. The number of hydrogen-bond donors (Lipinski definition) is 2. The van der Waals surface area contributed by atoms with Crippen molar-refractivity contribution in [2.24, 2.45) is 0 Å². The number of ether oxygens (including phenoxy) is 1. The van der Waals surface area contributed by atoms with E-state index in [0.717, 1.165) is 13.0 Å². The van der Waals surface area contributed by atoms with Crippen LogP contribution in [0.4, 0.5) is 4.79 Å². The molecule has 1 aromatic heterocycles. The number of rotatable bonds is 4. The van der Waals surface area contributed by atoms with Crippen molar-refractivity contribution in [3.63, 3.8) is 0 Å². The molecule has 0 fully saturated rings. The van der Waals surface area contributed by atoms with Crippen molar-refractivity contribution in [3.05, 3.63) is 17.0 Å². The number of nitrogens with one attached hydrogen (secondary N) is 2. The Balaban J connectivity index is 1.74. The third kappa shape index (κ3) is 5.20. The van der Waals surface area contributed by atoms with Crippen LogP contribution in [0.25, 0.3) is 0 Å². The van der Waals surface area contributed by atoms with Gasteiger partial charge in [-0.15, -0.1) is 23.1 Å². The number of thiophene rings is 1. The first-order valence-corrected chi connectivity index (χ1v) is 9.05. The van der Waals surface area contributed by atoms with E-state index in [1.165, 1.54) is 9.77 Å². The molecule has 1 amide bonds. The number of alkyl carbamates (subject to hydrolysis) is 1. The summed E-state index contributed by atoms with van der Waals surface area (Å²) in [5.41, 5.74) is 0.958. The van der Waals surface area contributed by atoms with Crippen molar-refractivity contribution in [3.8, 4) is 0 Å². The quantitative estimate of drug-likeness (QED) is 0.826. The van der Waals surface area contributed by atoms with Gasteiger partial charge in [-0.25, -0.2) is 4.79 Å². The highest BCUT2D eigenvalue weighted by atomic mass is 32.2. The van der Waals surface area contributed by atoms with Gasteiger partial charge in [0.15, 0.2) is 0 Å². The normalized spacial score (nSPS) is 21.7. The van der Waals surface area contributed by atoms with Crippen LogP contribution in [0.15, 0.2) is 15.7 Å². The number of carbonyl (C=O) groups is 1. The molecule has 0 saturated heterocycles. The van der Waals surface area contributed by atoms with Gasteiger partial charge in [0.25, 0.3) is 0 Å². The lowest BCUT2D eigenvalue weighted by atomic mass is 10.1. The molecule has 0 bridgehead atoms. The highest BCUT2D eigenvalue weighted by molar-refractivity contribution is 8.01. The van der Waals surface area contributed by atoms with E-state index in [9.17, 15) is 4.79 Å². The second-order valence-corrected chi connectivity index (χ2v) is 8.89. The Hall–Kier alpha value is -0.720. The monoisotopic (exact) mass is 328 g/mol. The molecule has 1 aliphatic heterocycles. The molecule has 2 heterocycles. The molecule has 0 spiro atoms. The fourth-order valence-electron chi connectivity index (χ4n) is 2.27. The molecule has 1 aliphatic rings. The van der Waals surface area contributed by atoms with E-state index in [4.69, 9.17) is 4.74 Å². The van der Waals surface area contributed by atoms with Crippen LogP contribution < -0.4 is 10.6 Å². The summed E-state index contributed by atoms with van der Waals surface area (Å²) in [5.74, 6) is 0. The second kappa shape index (κ2) is 7.03. The minimum atomic E-state index is -0.445. The molecule has 1 aromatic rings. The predicted octanol–water partition coefficient (Wildman–Crippen LogP) is 3.79. The van der Waals surface area contributed by atoms with Gasteiger partial charge in [0, 0.05) is 24.4 Å². The van der Waals surface area contributed by atoms with E-state index >= 15 is 0 Å². The molecule has 0 aliphatic carbocycles. The van der Waals surface area contributed by atoms with Crippen molar-refractivity contribution in [1.82, 2.24) is 10.6 Å². The van der Waals surface area contributed by atoms with Crippen LogP contribution in [0.5, 0.6) is 0 Å². The SMILES string of the molecule is C[C@H]1CC(NCCNC(=O)OC(C)(C)C)c2ccsc2S1. The van der Waals surface area contributed by atoms with Crippen LogP contribution in [0, 0.1) is 0 Å². The van der Waals surface area contributed by atoms with Gasteiger partial charge in [0.1, 0.15) is 5.60 Å². The van der Waals surface area contributed by atoms with E-state index in [-0.39, 0.29) is 6.09 Å². The zero-order valence-corrected chi connectivity index (χ0v) is 14.7. The molecule has 2 atom stereocenters. The first-order valence-electron chi connectivity index (χ1n) is 7.29. The van der Waals surface area contributed by atoms with Gasteiger partial charge in [-0.1, -0.05) is 6.92 Å². The summed E-state index contributed by atoms with van der Waals surface area (Å²) >= 11 is 3.78. The lowest BCUT2D eigenvalue weighted by Crippen LogP contribution is -2.38. The third-order valence-electron chi connectivity index (χ3n) is 3.09. The molecular formula is C15H24N2O2S2. The van der Waals surface area contributed by atoms with E-state index in [0.29, 0.717) is 17.8 Å². The molecule has 0 aromatic carbocycles. The van der Waals surface area contributed by atoms with E-state index < -0.39 is 5.60 Å². The maximum Gasteiger partial charge on any atom is 0.407 e. The largest absolute Gasteiger partial charge is 0.444 e. The molecule has 2 rings (SSSR count). The zero-order chi connectivity index (χ0) is 15.5. The highest BCUT2D eigenvalue weighted by Crippen LogP contribution is 2.43. The Labute approximate surface area is 135 Å². The second-order valence-electron chi connectivity index (χ2n) is 6.26. The average molecular weight is 329 g/mol. The van der Waals surface area contributed by atoms with Crippen LogP contribution in [0.1, 0.15) is 45.7 Å². The summed E-state index contributed by atoms with van der Waals surface area (Å²) < 4.78 is 6.63. The maximum atomic E-state index is 11.6. The maximum absolute atomic E-state index is 11.6. The van der Waals surface area contributed by atoms with E-state index in [1.807, 2.05) is 43.9 Å². The van der Waals surface area contributed by atoms with Crippen molar-refractivity contribution >= 4 is 29.2 Å². The lowest BCUT2D eigenvalue weighted by Gasteiger charge is -2.27. The van der Waals surface area contributed by atoms with Gasteiger partial charge in [-0.05, 0) is 44.2 Å². The van der Waals surface area contributed by atoms with Gasteiger partial charge in [-0.3, -0.25) is 0 Å². The van der Waals surface area contributed by atoms with E-state index in [1.54, 1.807) is 0 Å². The molecule has 2 N–H and O–H groups in total. The Kier molecular flexibility index (Phi) is 5.57. The minimum absolute atomic E-state index is 0.354. The minimum Gasteiger partial charge on any atom is -0.444 e. The molecule has 0 saturated carbocycles. The summed E-state index contributed by atoms with van der Waals surface area (Å²) in [5, 5.41) is 9.11. The van der Waals surface area contributed by atoms with Gasteiger partial charge in [-0.2, -0.15) is 0 Å². The standard InChI is InChI=1S/C15H24N2O2S2/c1-10-9-12(11-5-8-20-13(11)21-10)16-6-7-17-14(18)19-15(2,3)4/h5,8,10,12,16H,6-7,9H2,1-4H3,(H,17,18)/t10-,12?/m0/s1. The molecular weight excluding hydrogens is 304 g/mol. The number of hydrogen-bond acceptors (Lipinski definition) is 5. The molecule has 21 heavy (non-hydrogen) atoms. The van der Waals surface area contributed by atoms with Gasteiger partial charge in [0.2, 0.25) is 0 Å². The van der Waals surface area contributed by atoms with Crippen LogP contribution in [-0.4, -0.2) is 30.0 Å². The molecule has 4 nitrogen and oxygen atoms in total. The molecule has 1 unspecified atom stereocenters. The highest BCUT2D eigenvalue weighted by Gasteiger charge is 2.25. The third-order valence-corrected chi connectivity index (χ3v) is 5.44. The molecule has 0 radical (unpaired) electrons. The van der Waals surface area contributed by atoms with Gasteiger partial charge >= 0.3 is 6.09 Å². The van der Waals surface area contributed by atoms with E-state index in [2.05, 4.69) is 29.0 Å². The average Bonchev–Trinajstić information content (AvgIpc) is 2.80. The van der Waals surface area contributed by atoms with Crippen molar-refractivity contribution < 1.29 is 9.53 Å². The predicted molar refractivity (Wildman–Crippen MR) is 89.2 cm³/mol. The topological polar surface area (TPSA) is 50.4 Å².